The van der Waals surface area contributed by atoms with E-state index in [0.717, 1.165) is 37.9 Å². The molecule has 0 saturated carbocycles. The van der Waals surface area contributed by atoms with Crippen LogP contribution in [0.3, 0.4) is 0 Å². The number of aromatic nitrogens is 2. The maximum atomic E-state index is 12.7. The molecule has 0 bridgehead atoms. The molecule has 1 amide bonds. The minimum absolute atomic E-state index is 0.0142. The minimum atomic E-state index is -0.276. The van der Waals surface area contributed by atoms with Gasteiger partial charge in [-0.3, -0.25) is 9.59 Å². The Balaban J connectivity index is 1.34. The van der Waals surface area contributed by atoms with Crippen LogP contribution in [0.4, 0.5) is 0 Å². The first-order chi connectivity index (χ1) is 14.6. The molecule has 1 aromatic heterocycles. The predicted molar refractivity (Wildman–Crippen MR) is 118 cm³/mol. The van der Waals surface area contributed by atoms with Gasteiger partial charge in [0.15, 0.2) is 0 Å². The van der Waals surface area contributed by atoms with Gasteiger partial charge in [-0.2, -0.15) is 0 Å². The van der Waals surface area contributed by atoms with Gasteiger partial charge in [-0.25, -0.2) is 4.98 Å². The number of piperidine rings is 1. The fraction of sp³-hybridized carbons (Fsp3) is 0.292. The first kappa shape index (κ1) is 20.4. The van der Waals surface area contributed by atoms with E-state index in [1.165, 1.54) is 11.8 Å². The summed E-state index contributed by atoms with van der Waals surface area (Å²) in [5.74, 6) is 1.05. The topological polar surface area (TPSA) is 66.1 Å². The number of nitrogens with one attached hydrogen (secondary N) is 1. The van der Waals surface area contributed by atoms with E-state index in [9.17, 15) is 9.59 Å². The average molecular weight is 422 g/mol. The summed E-state index contributed by atoms with van der Waals surface area (Å²) in [5.41, 5.74) is 2.24. The fourth-order valence-electron chi connectivity index (χ4n) is 3.91. The highest BCUT2D eigenvalue weighted by Crippen LogP contribution is 2.22. The van der Waals surface area contributed by atoms with Crippen LogP contribution in [-0.2, 0) is 17.6 Å². The summed E-state index contributed by atoms with van der Waals surface area (Å²) in [7, 11) is 0. The van der Waals surface area contributed by atoms with E-state index in [-0.39, 0.29) is 17.9 Å². The van der Waals surface area contributed by atoms with Crippen molar-refractivity contribution in [1.82, 2.24) is 14.9 Å². The Kier molecular flexibility index (Phi) is 6.29. The number of halogens is 1. The van der Waals surface area contributed by atoms with Crippen molar-refractivity contribution in [3.63, 3.8) is 0 Å². The Morgan fingerprint density at radius 1 is 1.07 bits per heavy atom. The number of hydrogen-bond donors (Lipinski definition) is 1. The molecule has 1 fully saturated rings. The molecule has 154 valence electrons. The second kappa shape index (κ2) is 9.26. The molecule has 1 saturated heterocycles. The summed E-state index contributed by atoms with van der Waals surface area (Å²) in [4.78, 5) is 34.1. The molecule has 0 atom stereocenters. The number of carbonyl (C=O) groups is 1. The van der Waals surface area contributed by atoms with Gasteiger partial charge in [0.1, 0.15) is 5.82 Å². The molecule has 4 rings (SSSR count). The fourth-order valence-corrected chi connectivity index (χ4v) is 4.04. The number of aromatic amines is 1. The van der Waals surface area contributed by atoms with Crippen LogP contribution in [0.2, 0.25) is 5.02 Å². The molecule has 1 N–H and O–H groups in total. The van der Waals surface area contributed by atoms with Gasteiger partial charge in [0.25, 0.3) is 5.56 Å². The maximum absolute atomic E-state index is 12.7. The van der Waals surface area contributed by atoms with Crippen molar-refractivity contribution in [2.75, 3.05) is 13.1 Å². The van der Waals surface area contributed by atoms with Crippen LogP contribution in [0.5, 0.6) is 0 Å². The van der Waals surface area contributed by atoms with Crippen LogP contribution in [0.1, 0.15) is 24.0 Å². The minimum Gasteiger partial charge on any atom is -0.342 e. The van der Waals surface area contributed by atoms with Gasteiger partial charge in [-0.1, -0.05) is 41.9 Å². The largest absolute Gasteiger partial charge is 0.342 e. The second-order valence-corrected chi connectivity index (χ2v) is 8.22. The number of rotatable bonds is 5. The van der Waals surface area contributed by atoms with Gasteiger partial charge < -0.3 is 9.88 Å². The van der Waals surface area contributed by atoms with Crippen LogP contribution >= 0.6 is 11.6 Å². The Labute approximate surface area is 180 Å². The van der Waals surface area contributed by atoms with E-state index < -0.39 is 0 Å². The van der Waals surface area contributed by atoms with Crippen molar-refractivity contribution < 1.29 is 4.79 Å². The summed E-state index contributed by atoms with van der Waals surface area (Å²) >= 11 is 5.90. The van der Waals surface area contributed by atoms with Gasteiger partial charge in [-0.15, -0.1) is 0 Å². The van der Waals surface area contributed by atoms with Crippen molar-refractivity contribution >= 4 is 17.5 Å². The molecule has 1 aliphatic heterocycles. The highest BCUT2D eigenvalue weighted by Gasteiger charge is 2.23. The monoisotopic (exact) mass is 421 g/mol. The van der Waals surface area contributed by atoms with Crippen molar-refractivity contribution in [2.24, 2.45) is 5.92 Å². The summed E-state index contributed by atoms with van der Waals surface area (Å²) < 4.78 is 0. The van der Waals surface area contributed by atoms with E-state index >= 15 is 0 Å². The SMILES string of the molecule is O=C(Cc1cnc(-c2ccc(Cl)cc2)[nH]c1=O)N1CCC(Cc2ccccc2)CC1. The average Bonchev–Trinajstić information content (AvgIpc) is 2.77. The van der Waals surface area contributed by atoms with E-state index in [1.54, 1.807) is 24.3 Å². The normalized spacial score (nSPS) is 14.6. The molecule has 0 unspecified atom stereocenters. The van der Waals surface area contributed by atoms with E-state index in [0.29, 0.717) is 22.3 Å². The highest BCUT2D eigenvalue weighted by atomic mass is 35.5. The molecule has 0 radical (unpaired) electrons. The molecule has 2 aromatic carbocycles. The van der Waals surface area contributed by atoms with Gasteiger partial charge in [0.05, 0.1) is 6.42 Å². The summed E-state index contributed by atoms with van der Waals surface area (Å²) in [6.07, 6.45) is 4.61. The third-order valence-electron chi connectivity index (χ3n) is 5.67. The third-order valence-corrected chi connectivity index (χ3v) is 5.92. The smallest absolute Gasteiger partial charge is 0.254 e. The zero-order valence-electron chi connectivity index (χ0n) is 16.7. The first-order valence-corrected chi connectivity index (χ1v) is 10.6. The number of H-pyrrole nitrogens is 1. The van der Waals surface area contributed by atoms with Crippen molar-refractivity contribution in [2.45, 2.75) is 25.7 Å². The van der Waals surface area contributed by atoms with Crippen LogP contribution in [0.15, 0.2) is 65.6 Å². The zero-order chi connectivity index (χ0) is 20.9. The molecule has 0 aliphatic carbocycles. The second-order valence-electron chi connectivity index (χ2n) is 7.78. The Hall–Kier alpha value is -2.92. The number of likely N-dealkylation sites (tertiary alicyclic amines) is 1. The zero-order valence-corrected chi connectivity index (χ0v) is 17.4. The number of hydrogen-bond acceptors (Lipinski definition) is 3. The number of amides is 1. The van der Waals surface area contributed by atoms with Crippen LogP contribution in [-0.4, -0.2) is 33.9 Å². The van der Waals surface area contributed by atoms with Gasteiger partial charge in [0, 0.05) is 35.4 Å². The quantitative estimate of drug-likeness (QED) is 0.674. The van der Waals surface area contributed by atoms with Crippen LogP contribution in [0, 0.1) is 5.92 Å². The lowest BCUT2D eigenvalue weighted by Crippen LogP contribution is -2.40. The molecule has 30 heavy (non-hydrogen) atoms. The molecule has 3 aromatic rings. The van der Waals surface area contributed by atoms with Crippen molar-refractivity contribution in [3.8, 4) is 11.4 Å². The maximum Gasteiger partial charge on any atom is 0.254 e. The summed E-state index contributed by atoms with van der Waals surface area (Å²) in [6, 6.07) is 17.6. The Morgan fingerprint density at radius 3 is 2.43 bits per heavy atom. The highest BCUT2D eigenvalue weighted by molar-refractivity contribution is 6.30. The first-order valence-electron chi connectivity index (χ1n) is 10.2. The standard InChI is InChI=1S/C24H24ClN3O2/c25-21-8-6-19(7-9-21)23-26-16-20(24(30)27-23)15-22(29)28-12-10-18(11-13-28)14-17-4-2-1-3-5-17/h1-9,16,18H,10-15H2,(H,26,27,30). The van der Waals surface area contributed by atoms with E-state index in [2.05, 4.69) is 34.2 Å². The Morgan fingerprint density at radius 2 is 1.77 bits per heavy atom. The molecule has 2 heterocycles. The van der Waals surface area contributed by atoms with Gasteiger partial charge in [-0.05, 0) is 55.0 Å². The third kappa shape index (κ3) is 4.97. The summed E-state index contributed by atoms with van der Waals surface area (Å²) in [6.45, 7) is 1.48. The predicted octanol–water partition coefficient (Wildman–Crippen LogP) is 4.11. The van der Waals surface area contributed by atoms with Crippen molar-refractivity contribution in [1.29, 1.82) is 0 Å². The lowest BCUT2D eigenvalue weighted by atomic mass is 9.90. The molecule has 5 nitrogen and oxygen atoms in total. The number of carbonyl (C=O) groups excluding carboxylic acids is 1. The van der Waals surface area contributed by atoms with Crippen LogP contribution in [0.25, 0.3) is 11.4 Å². The molecule has 6 heteroatoms. The molecular formula is C24H24ClN3O2. The molecule has 0 spiro atoms. The van der Waals surface area contributed by atoms with Gasteiger partial charge >= 0.3 is 0 Å². The molecule has 1 aliphatic rings. The number of benzene rings is 2. The number of nitrogens with zero attached hydrogens (tertiary/aromatic N) is 2. The Bertz CT molecular complexity index is 1060. The molecular weight excluding hydrogens is 398 g/mol. The lowest BCUT2D eigenvalue weighted by Gasteiger charge is -2.32. The summed E-state index contributed by atoms with van der Waals surface area (Å²) in [5, 5.41) is 0.621. The van der Waals surface area contributed by atoms with E-state index in [1.807, 2.05) is 11.0 Å². The van der Waals surface area contributed by atoms with Crippen molar-refractivity contribution in [3.05, 3.63) is 87.3 Å². The van der Waals surface area contributed by atoms with E-state index in [4.69, 9.17) is 11.6 Å². The van der Waals surface area contributed by atoms with Gasteiger partial charge in [0.2, 0.25) is 5.91 Å². The lowest BCUT2D eigenvalue weighted by molar-refractivity contribution is -0.131. The van der Waals surface area contributed by atoms with Crippen LogP contribution < -0.4 is 5.56 Å².